The number of nitrogen functional groups attached to an aromatic ring is 1. The lowest BCUT2D eigenvalue weighted by molar-refractivity contribution is 0.606. The van der Waals surface area contributed by atoms with Crippen LogP contribution >= 0.6 is 0 Å². The lowest BCUT2D eigenvalue weighted by Gasteiger charge is -2.01. The van der Waals surface area contributed by atoms with Crippen molar-refractivity contribution < 1.29 is 4.39 Å². The fourth-order valence-electron chi connectivity index (χ4n) is 1.12. The summed E-state index contributed by atoms with van der Waals surface area (Å²) < 4.78 is 13.1. The topological polar surface area (TPSA) is 49.8 Å². The van der Waals surface area contributed by atoms with E-state index in [9.17, 15) is 4.39 Å². The number of halogens is 1. The predicted octanol–water partition coefficient (Wildman–Crippen LogP) is 2.25. The first kappa shape index (κ1) is 9.53. The zero-order chi connectivity index (χ0) is 9.68. The molecule has 0 aliphatic heterocycles. The average molecular weight is 178 g/mol. The van der Waals surface area contributed by atoms with Gasteiger partial charge in [0.15, 0.2) is 0 Å². The Morgan fingerprint density at radius 2 is 2.23 bits per heavy atom. The normalized spacial score (nSPS) is 9.54. The molecule has 0 spiro atoms. The van der Waals surface area contributed by atoms with Gasteiger partial charge in [0, 0.05) is 12.1 Å². The van der Waals surface area contributed by atoms with Crippen LogP contribution in [0.15, 0.2) is 18.2 Å². The van der Waals surface area contributed by atoms with Crippen LogP contribution in [0.1, 0.15) is 18.4 Å². The fraction of sp³-hybridized carbons (Fsp3) is 0.300. The first-order valence-electron chi connectivity index (χ1n) is 4.15. The Bertz CT molecular complexity index is 328. The van der Waals surface area contributed by atoms with Crippen molar-refractivity contribution in [3.8, 4) is 6.07 Å². The van der Waals surface area contributed by atoms with Gasteiger partial charge in [-0.25, -0.2) is 4.39 Å². The van der Waals surface area contributed by atoms with E-state index in [-0.39, 0.29) is 5.82 Å². The molecule has 0 bridgehead atoms. The SMILES string of the molecule is N#CCCCc1ccc(N)cc1F. The Kier molecular flexibility index (Phi) is 3.27. The Morgan fingerprint density at radius 1 is 1.46 bits per heavy atom. The number of nitriles is 1. The van der Waals surface area contributed by atoms with Gasteiger partial charge in [-0.05, 0) is 30.5 Å². The second kappa shape index (κ2) is 4.46. The molecule has 2 nitrogen and oxygen atoms in total. The molecule has 0 radical (unpaired) electrons. The number of aryl methyl sites for hydroxylation is 1. The summed E-state index contributed by atoms with van der Waals surface area (Å²) in [7, 11) is 0. The Hall–Kier alpha value is -1.56. The standard InChI is InChI=1S/C10H11FN2/c11-10-7-9(13)5-4-8(10)3-1-2-6-12/h4-5,7H,1-3,13H2. The lowest BCUT2D eigenvalue weighted by Crippen LogP contribution is -1.93. The van der Waals surface area contributed by atoms with E-state index in [2.05, 4.69) is 0 Å². The molecule has 0 saturated carbocycles. The van der Waals surface area contributed by atoms with Gasteiger partial charge < -0.3 is 5.73 Å². The molecule has 0 atom stereocenters. The molecule has 1 aromatic rings. The number of hydrogen-bond donors (Lipinski definition) is 1. The van der Waals surface area contributed by atoms with E-state index in [4.69, 9.17) is 11.0 Å². The highest BCUT2D eigenvalue weighted by Crippen LogP contribution is 2.13. The summed E-state index contributed by atoms with van der Waals surface area (Å²) >= 11 is 0. The van der Waals surface area contributed by atoms with Gasteiger partial charge in [0.1, 0.15) is 5.82 Å². The summed E-state index contributed by atoms with van der Waals surface area (Å²) in [5, 5.41) is 8.29. The summed E-state index contributed by atoms with van der Waals surface area (Å²) in [6.07, 6.45) is 1.75. The Labute approximate surface area is 76.8 Å². The number of nitrogens with zero attached hydrogens (tertiary/aromatic N) is 1. The molecule has 0 aromatic heterocycles. The van der Waals surface area contributed by atoms with Gasteiger partial charge in [-0.15, -0.1) is 0 Å². The molecule has 2 N–H and O–H groups in total. The van der Waals surface area contributed by atoms with Crippen LogP contribution in [0.3, 0.4) is 0 Å². The highest BCUT2D eigenvalue weighted by molar-refractivity contribution is 5.40. The van der Waals surface area contributed by atoms with E-state index < -0.39 is 0 Å². The minimum atomic E-state index is -0.280. The smallest absolute Gasteiger partial charge is 0.128 e. The predicted molar refractivity (Wildman–Crippen MR) is 49.4 cm³/mol. The van der Waals surface area contributed by atoms with E-state index >= 15 is 0 Å². The molecule has 0 aliphatic rings. The van der Waals surface area contributed by atoms with Crippen molar-refractivity contribution >= 4 is 5.69 Å². The minimum absolute atomic E-state index is 0.280. The van der Waals surface area contributed by atoms with Gasteiger partial charge in [0.05, 0.1) is 6.07 Å². The molecular formula is C10H11FN2. The van der Waals surface area contributed by atoms with E-state index in [0.717, 1.165) is 0 Å². The summed E-state index contributed by atoms with van der Waals surface area (Å²) in [5.41, 5.74) is 6.45. The number of benzene rings is 1. The molecule has 0 unspecified atom stereocenters. The number of hydrogen-bond acceptors (Lipinski definition) is 2. The minimum Gasteiger partial charge on any atom is -0.399 e. The second-order valence-corrected chi connectivity index (χ2v) is 2.86. The second-order valence-electron chi connectivity index (χ2n) is 2.86. The Morgan fingerprint density at radius 3 is 2.85 bits per heavy atom. The number of anilines is 1. The number of rotatable bonds is 3. The van der Waals surface area contributed by atoms with E-state index in [1.807, 2.05) is 6.07 Å². The Balaban J connectivity index is 2.62. The molecule has 3 heteroatoms. The maximum absolute atomic E-state index is 13.1. The van der Waals surface area contributed by atoms with Gasteiger partial charge in [-0.2, -0.15) is 5.26 Å². The van der Waals surface area contributed by atoms with Crippen molar-refractivity contribution in [1.82, 2.24) is 0 Å². The molecule has 0 fully saturated rings. The fourth-order valence-corrected chi connectivity index (χ4v) is 1.12. The van der Waals surface area contributed by atoms with Crippen molar-refractivity contribution in [1.29, 1.82) is 5.26 Å². The summed E-state index contributed by atoms with van der Waals surface area (Å²) in [6, 6.07) is 6.67. The van der Waals surface area contributed by atoms with Crippen molar-refractivity contribution in [2.24, 2.45) is 0 Å². The molecule has 0 amide bonds. The average Bonchev–Trinajstić information content (AvgIpc) is 2.09. The number of unbranched alkanes of at least 4 members (excludes halogenated alkanes) is 1. The number of nitrogens with two attached hydrogens (primary N) is 1. The third kappa shape index (κ3) is 2.75. The van der Waals surface area contributed by atoms with E-state index in [0.29, 0.717) is 30.5 Å². The quantitative estimate of drug-likeness (QED) is 0.570. The third-order valence-electron chi connectivity index (χ3n) is 1.81. The van der Waals surface area contributed by atoms with Crippen molar-refractivity contribution in [3.05, 3.63) is 29.6 Å². The van der Waals surface area contributed by atoms with Gasteiger partial charge in [-0.3, -0.25) is 0 Å². The summed E-state index contributed by atoms with van der Waals surface area (Å²) in [6.45, 7) is 0. The summed E-state index contributed by atoms with van der Waals surface area (Å²) in [4.78, 5) is 0. The zero-order valence-electron chi connectivity index (χ0n) is 7.26. The molecule has 0 aliphatic carbocycles. The van der Waals surface area contributed by atoms with Crippen molar-refractivity contribution in [2.45, 2.75) is 19.3 Å². The van der Waals surface area contributed by atoms with Crippen LogP contribution in [0, 0.1) is 17.1 Å². The summed E-state index contributed by atoms with van der Waals surface area (Å²) in [5.74, 6) is -0.280. The third-order valence-corrected chi connectivity index (χ3v) is 1.81. The van der Waals surface area contributed by atoms with Crippen LogP contribution < -0.4 is 5.73 Å². The maximum Gasteiger partial charge on any atom is 0.128 e. The van der Waals surface area contributed by atoms with Crippen LogP contribution in [0.4, 0.5) is 10.1 Å². The highest BCUT2D eigenvalue weighted by Gasteiger charge is 2.01. The first-order valence-corrected chi connectivity index (χ1v) is 4.15. The molecule has 68 valence electrons. The molecule has 0 saturated heterocycles. The van der Waals surface area contributed by atoms with E-state index in [1.54, 1.807) is 12.1 Å². The molecule has 1 rings (SSSR count). The van der Waals surface area contributed by atoms with Crippen LogP contribution in [0.5, 0.6) is 0 Å². The van der Waals surface area contributed by atoms with Crippen LogP contribution in [-0.4, -0.2) is 0 Å². The van der Waals surface area contributed by atoms with Gasteiger partial charge in [0.2, 0.25) is 0 Å². The monoisotopic (exact) mass is 178 g/mol. The van der Waals surface area contributed by atoms with E-state index in [1.165, 1.54) is 6.07 Å². The van der Waals surface area contributed by atoms with Crippen molar-refractivity contribution in [2.75, 3.05) is 5.73 Å². The molecular weight excluding hydrogens is 167 g/mol. The maximum atomic E-state index is 13.1. The molecule has 13 heavy (non-hydrogen) atoms. The lowest BCUT2D eigenvalue weighted by atomic mass is 10.1. The zero-order valence-corrected chi connectivity index (χ0v) is 7.26. The van der Waals surface area contributed by atoms with Gasteiger partial charge in [-0.1, -0.05) is 6.07 Å². The van der Waals surface area contributed by atoms with Crippen LogP contribution in [-0.2, 0) is 6.42 Å². The highest BCUT2D eigenvalue weighted by atomic mass is 19.1. The molecule has 0 heterocycles. The molecule has 1 aromatic carbocycles. The van der Waals surface area contributed by atoms with Gasteiger partial charge >= 0.3 is 0 Å². The first-order chi connectivity index (χ1) is 6.24. The van der Waals surface area contributed by atoms with Crippen molar-refractivity contribution in [3.63, 3.8) is 0 Å². The largest absolute Gasteiger partial charge is 0.399 e. The van der Waals surface area contributed by atoms with Crippen LogP contribution in [0.25, 0.3) is 0 Å². The van der Waals surface area contributed by atoms with Crippen LogP contribution in [0.2, 0.25) is 0 Å². The van der Waals surface area contributed by atoms with Gasteiger partial charge in [0.25, 0.3) is 0 Å².